The Morgan fingerprint density at radius 2 is 1.61 bits per heavy atom. The van der Waals surface area contributed by atoms with E-state index in [1.54, 1.807) is 0 Å². The number of carbonyl (C=O) groups is 1. The number of Topliss-reactive ketones (excluding diaryl/α,β-unsaturated/α-hetero) is 1. The summed E-state index contributed by atoms with van der Waals surface area (Å²) in [5.74, 6) is 0.194. The number of ketones is 1. The van der Waals surface area contributed by atoms with Crippen LogP contribution in [0.1, 0.15) is 39.0 Å². The molecule has 0 N–H and O–H groups in total. The van der Waals surface area contributed by atoms with E-state index in [-0.39, 0.29) is 5.78 Å². The number of allylic oxidation sites excluding steroid dienone is 4. The molecule has 23 heavy (non-hydrogen) atoms. The Morgan fingerprint density at radius 3 is 2.17 bits per heavy atom. The molecule has 1 aliphatic rings. The van der Waals surface area contributed by atoms with Crippen LogP contribution < -0.4 is 0 Å². The molecular formula is C22H22O. The molecule has 0 heterocycles. The van der Waals surface area contributed by atoms with Crippen LogP contribution in [-0.2, 0) is 5.41 Å². The van der Waals surface area contributed by atoms with Crippen LogP contribution in [0, 0.1) is 20.8 Å². The van der Waals surface area contributed by atoms with Crippen LogP contribution in [0.2, 0.25) is 0 Å². The molecule has 1 nitrogen and oxygen atoms in total. The lowest BCUT2D eigenvalue weighted by Crippen LogP contribution is -2.35. The van der Waals surface area contributed by atoms with Crippen molar-refractivity contribution in [2.24, 2.45) is 0 Å². The lowest BCUT2D eigenvalue weighted by molar-refractivity contribution is 0.0915. The van der Waals surface area contributed by atoms with Crippen molar-refractivity contribution in [2.45, 2.75) is 32.6 Å². The van der Waals surface area contributed by atoms with Crippen molar-refractivity contribution in [3.8, 4) is 0 Å². The van der Waals surface area contributed by atoms with Gasteiger partial charge in [-0.1, -0.05) is 72.3 Å². The summed E-state index contributed by atoms with van der Waals surface area (Å²) in [6.07, 6.45) is 8.86. The molecule has 0 amide bonds. The van der Waals surface area contributed by atoms with E-state index in [1.807, 2.05) is 44.2 Å². The Morgan fingerprint density at radius 1 is 0.957 bits per heavy atom. The summed E-state index contributed by atoms with van der Waals surface area (Å²) in [6.45, 7) is 6.15. The highest BCUT2D eigenvalue weighted by molar-refractivity contribution is 6.08. The minimum Gasteiger partial charge on any atom is -0.293 e. The van der Waals surface area contributed by atoms with Gasteiger partial charge in [0.05, 0.1) is 5.41 Å². The Kier molecular flexibility index (Phi) is 4.04. The summed E-state index contributed by atoms with van der Waals surface area (Å²) in [5.41, 5.74) is 4.64. The standard InChI is InChI=1S/C22H22O/c1-16-14-17(2)20(18(3)15-16)21(23)22(12-8-5-9-13-22)19-10-6-4-7-11-19/h4-12,14-15H,13H2,1-3H3. The van der Waals surface area contributed by atoms with Crippen molar-refractivity contribution in [3.63, 3.8) is 0 Å². The zero-order valence-electron chi connectivity index (χ0n) is 14.0. The van der Waals surface area contributed by atoms with E-state index >= 15 is 0 Å². The average molecular weight is 302 g/mol. The zero-order valence-corrected chi connectivity index (χ0v) is 14.0. The second-order valence-electron chi connectivity index (χ2n) is 6.43. The van der Waals surface area contributed by atoms with E-state index in [4.69, 9.17) is 0 Å². The minimum atomic E-state index is -0.596. The molecule has 0 fully saturated rings. The van der Waals surface area contributed by atoms with E-state index in [1.165, 1.54) is 5.56 Å². The van der Waals surface area contributed by atoms with Crippen LogP contribution in [0.3, 0.4) is 0 Å². The Bertz CT molecular complexity index is 773. The van der Waals surface area contributed by atoms with E-state index in [2.05, 4.69) is 43.3 Å². The summed E-state index contributed by atoms with van der Waals surface area (Å²) in [4.78, 5) is 13.6. The average Bonchev–Trinajstić information content (AvgIpc) is 2.55. The van der Waals surface area contributed by atoms with Gasteiger partial charge in [0, 0.05) is 5.56 Å². The van der Waals surface area contributed by atoms with Gasteiger partial charge in [0.25, 0.3) is 0 Å². The third kappa shape index (κ3) is 2.68. The molecule has 1 unspecified atom stereocenters. The van der Waals surface area contributed by atoms with Crippen LogP contribution in [-0.4, -0.2) is 5.78 Å². The van der Waals surface area contributed by atoms with Crippen molar-refractivity contribution in [1.29, 1.82) is 0 Å². The zero-order chi connectivity index (χ0) is 16.4. The molecule has 0 saturated heterocycles. The summed E-state index contributed by atoms with van der Waals surface area (Å²) in [7, 11) is 0. The van der Waals surface area contributed by atoms with Crippen molar-refractivity contribution in [1.82, 2.24) is 0 Å². The van der Waals surface area contributed by atoms with E-state index in [9.17, 15) is 4.79 Å². The molecule has 0 saturated carbocycles. The molecule has 0 aliphatic heterocycles. The van der Waals surface area contributed by atoms with Gasteiger partial charge in [-0.15, -0.1) is 0 Å². The monoisotopic (exact) mass is 302 g/mol. The maximum Gasteiger partial charge on any atom is 0.178 e. The minimum absolute atomic E-state index is 0.194. The fourth-order valence-electron chi connectivity index (χ4n) is 3.63. The number of rotatable bonds is 3. The smallest absolute Gasteiger partial charge is 0.178 e. The topological polar surface area (TPSA) is 17.1 Å². The van der Waals surface area contributed by atoms with Gasteiger partial charge >= 0.3 is 0 Å². The molecule has 116 valence electrons. The SMILES string of the molecule is Cc1cc(C)c(C(=O)C2(c3ccccc3)C=CC=CC2)c(C)c1. The van der Waals surface area contributed by atoms with Gasteiger partial charge in [-0.3, -0.25) is 4.79 Å². The summed E-state index contributed by atoms with van der Waals surface area (Å²) in [6, 6.07) is 14.3. The molecule has 3 rings (SSSR count). The van der Waals surface area contributed by atoms with Crippen molar-refractivity contribution in [3.05, 3.63) is 94.6 Å². The highest BCUT2D eigenvalue weighted by atomic mass is 16.1. The highest BCUT2D eigenvalue weighted by Gasteiger charge is 2.39. The quantitative estimate of drug-likeness (QED) is 0.708. The molecule has 1 aliphatic carbocycles. The summed E-state index contributed by atoms with van der Waals surface area (Å²) < 4.78 is 0. The molecule has 0 spiro atoms. The van der Waals surface area contributed by atoms with Crippen LogP contribution in [0.5, 0.6) is 0 Å². The Labute approximate surface area is 138 Å². The number of hydrogen-bond acceptors (Lipinski definition) is 1. The molecule has 1 atom stereocenters. The first kappa shape index (κ1) is 15.5. The van der Waals surface area contributed by atoms with Gasteiger partial charge in [0.1, 0.15) is 0 Å². The lowest BCUT2D eigenvalue weighted by Gasteiger charge is -2.31. The van der Waals surface area contributed by atoms with Gasteiger partial charge in [-0.2, -0.15) is 0 Å². The predicted molar refractivity (Wildman–Crippen MR) is 96.0 cm³/mol. The summed E-state index contributed by atoms with van der Waals surface area (Å²) in [5, 5.41) is 0. The third-order valence-corrected chi connectivity index (χ3v) is 4.67. The molecule has 0 aromatic heterocycles. The van der Waals surface area contributed by atoms with Gasteiger partial charge in [0.2, 0.25) is 0 Å². The first-order valence-corrected chi connectivity index (χ1v) is 8.07. The molecule has 2 aromatic carbocycles. The van der Waals surface area contributed by atoms with Gasteiger partial charge in [-0.05, 0) is 43.9 Å². The molecule has 2 aromatic rings. The van der Waals surface area contributed by atoms with E-state index in [0.29, 0.717) is 6.42 Å². The fourth-order valence-corrected chi connectivity index (χ4v) is 3.63. The van der Waals surface area contributed by atoms with Crippen LogP contribution in [0.25, 0.3) is 0 Å². The maximum absolute atomic E-state index is 13.6. The first-order chi connectivity index (χ1) is 11.0. The van der Waals surface area contributed by atoms with Crippen LogP contribution >= 0.6 is 0 Å². The van der Waals surface area contributed by atoms with Gasteiger partial charge in [0.15, 0.2) is 5.78 Å². The number of hydrogen-bond donors (Lipinski definition) is 0. The van der Waals surface area contributed by atoms with Crippen LogP contribution in [0.4, 0.5) is 0 Å². The Balaban J connectivity index is 2.18. The highest BCUT2D eigenvalue weighted by Crippen LogP contribution is 2.37. The van der Waals surface area contributed by atoms with Crippen LogP contribution in [0.15, 0.2) is 66.8 Å². The Hall–Kier alpha value is -2.41. The molecule has 0 bridgehead atoms. The number of benzene rings is 2. The third-order valence-electron chi connectivity index (χ3n) is 4.67. The second-order valence-corrected chi connectivity index (χ2v) is 6.43. The largest absolute Gasteiger partial charge is 0.293 e. The van der Waals surface area contributed by atoms with E-state index < -0.39 is 5.41 Å². The molecular weight excluding hydrogens is 280 g/mol. The van der Waals surface area contributed by atoms with Crippen molar-refractivity contribution in [2.75, 3.05) is 0 Å². The lowest BCUT2D eigenvalue weighted by atomic mass is 9.69. The normalized spacial score (nSPS) is 19.8. The van der Waals surface area contributed by atoms with Crippen molar-refractivity contribution >= 4 is 5.78 Å². The molecule has 1 heteroatoms. The number of aryl methyl sites for hydroxylation is 3. The van der Waals surface area contributed by atoms with Gasteiger partial charge < -0.3 is 0 Å². The molecule has 0 radical (unpaired) electrons. The maximum atomic E-state index is 13.6. The predicted octanol–water partition coefficient (Wildman–Crippen LogP) is 5.25. The first-order valence-electron chi connectivity index (χ1n) is 8.07. The van der Waals surface area contributed by atoms with Gasteiger partial charge in [-0.25, -0.2) is 0 Å². The summed E-state index contributed by atoms with van der Waals surface area (Å²) >= 11 is 0. The fraction of sp³-hybridized carbons (Fsp3) is 0.227. The van der Waals surface area contributed by atoms with Crippen molar-refractivity contribution < 1.29 is 4.79 Å². The second kappa shape index (κ2) is 6.00. The number of carbonyl (C=O) groups excluding carboxylic acids is 1. The van der Waals surface area contributed by atoms with E-state index in [0.717, 1.165) is 22.3 Å².